The first-order chi connectivity index (χ1) is 8.06. The molecule has 88 valence electrons. The number of benzene rings is 1. The largest absolute Gasteiger partial charge is 0.504 e. The van der Waals surface area contributed by atoms with Gasteiger partial charge in [-0.1, -0.05) is 0 Å². The highest BCUT2D eigenvalue weighted by molar-refractivity contribution is 5.88. The first-order valence-corrected chi connectivity index (χ1v) is 5.52. The van der Waals surface area contributed by atoms with E-state index in [1.54, 1.807) is 6.07 Å². The van der Waals surface area contributed by atoms with Crippen LogP contribution >= 0.6 is 0 Å². The first-order valence-electron chi connectivity index (χ1n) is 5.52. The number of phenols is 1. The van der Waals surface area contributed by atoms with Gasteiger partial charge in [0, 0.05) is 23.4 Å². The maximum Gasteiger partial charge on any atom is 0.336 e. The zero-order valence-corrected chi connectivity index (χ0v) is 9.61. The average Bonchev–Trinajstić information content (AvgIpc) is 2.63. The van der Waals surface area contributed by atoms with Crippen LogP contribution in [-0.2, 0) is 6.42 Å². The molecule has 0 saturated carbocycles. The summed E-state index contributed by atoms with van der Waals surface area (Å²) in [7, 11) is 0. The lowest BCUT2D eigenvalue weighted by molar-refractivity contribution is 0.245. The van der Waals surface area contributed by atoms with Crippen molar-refractivity contribution >= 4 is 11.0 Å². The topological polar surface area (TPSA) is 59.7 Å². The standard InChI is InChI=1S/C13H12O4/c1-6-3-11(15)17-12-8(6)5-10(14)13-9(12)4-7(2)16-13/h3,5,7,14H,4H2,1-2H3. The van der Waals surface area contributed by atoms with Crippen LogP contribution in [0.4, 0.5) is 0 Å². The van der Waals surface area contributed by atoms with Gasteiger partial charge in [-0.25, -0.2) is 4.79 Å². The normalized spacial score (nSPS) is 18.1. The van der Waals surface area contributed by atoms with Crippen molar-refractivity contribution in [3.8, 4) is 11.5 Å². The van der Waals surface area contributed by atoms with Crippen LogP contribution in [0.25, 0.3) is 11.0 Å². The molecule has 0 amide bonds. The second-order valence-electron chi connectivity index (χ2n) is 4.46. The lowest BCUT2D eigenvalue weighted by Crippen LogP contribution is -2.05. The molecule has 17 heavy (non-hydrogen) atoms. The smallest absolute Gasteiger partial charge is 0.336 e. The van der Waals surface area contributed by atoms with Crippen molar-refractivity contribution in [2.45, 2.75) is 26.4 Å². The zero-order valence-electron chi connectivity index (χ0n) is 9.61. The van der Waals surface area contributed by atoms with Crippen LogP contribution in [0.3, 0.4) is 0 Å². The van der Waals surface area contributed by atoms with Crippen molar-refractivity contribution in [2.24, 2.45) is 0 Å². The maximum absolute atomic E-state index is 11.4. The third-order valence-electron chi connectivity index (χ3n) is 3.08. The summed E-state index contributed by atoms with van der Waals surface area (Å²) in [6, 6.07) is 3.01. The van der Waals surface area contributed by atoms with Gasteiger partial charge in [-0.2, -0.15) is 0 Å². The summed E-state index contributed by atoms with van der Waals surface area (Å²) in [5.74, 6) is 0.549. The fourth-order valence-electron chi connectivity index (χ4n) is 2.33. The third kappa shape index (κ3) is 1.40. The van der Waals surface area contributed by atoms with Crippen molar-refractivity contribution in [1.82, 2.24) is 0 Å². The minimum absolute atomic E-state index is 0.00712. The van der Waals surface area contributed by atoms with E-state index in [4.69, 9.17) is 9.15 Å². The number of rotatable bonds is 0. The van der Waals surface area contributed by atoms with Gasteiger partial charge < -0.3 is 14.3 Å². The molecule has 1 N–H and O–H groups in total. The molecule has 1 aromatic heterocycles. The lowest BCUT2D eigenvalue weighted by Gasteiger charge is -2.07. The summed E-state index contributed by atoms with van der Waals surface area (Å²) in [6.45, 7) is 3.74. The fourth-order valence-corrected chi connectivity index (χ4v) is 2.33. The van der Waals surface area contributed by atoms with E-state index >= 15 is 0 Å². The van der Waals surface area contributed by atoms with E-state index in [0.29, 0.717) is 17.8 Å². The molecule has 2 aromatic rings. The van der Waals surface area contributed by atoms with Crippen LogP contribution in [0.15, 0.2) is 21.3 Å². The van der Waals surface area contributed by atoms with Gasteiger partial charge in [-0.05, 0) is 25.5 Å². The van der Waals surface area contributed by atoms with Gasteiger partial charge in [0.1, 0.15) is 11.7 Å². The summed E-state index contributed by atoms with van der Waals surface area (Å²) in [5.41, 5.74) is 1.75. The Morgan fingerprint density at radius 1 is 1.41 bits per heavy atom. The molecule has 0 fully saturated rings. The Morgan fingerprint density at radius 3 is 2.94 bits per heavy atom. The van der Waals surface area contributed by atoms with Crippen LogP contribution in [0.2, 0.25) is 0 Å². The molecule has 1 aromatic carbocycles. The summed E-state index contributed by atoms with van der Waals surface area (Å²) in [4.78, 5) is 11.4. The molecule has 2 heterocycles. The van der Waals surface area contributed by atoms with Gasteiger partial charge in [0.2, 0.25) is 0 Å². The average molecular weight is 232 g/mol. The van der Waals surface area contributed by atoms with Crippen molar-refractivity contribution in [3.05, 3.63) is 33.7 Å². The highest BCUT2D eigenvalue weighted by Gasteiger charge is 2.27. The van der Waals surface area contributed by atoms with E-state index in [1.807, 2.05) is 13.8 Å². The number of aryl methyl sites for hydroxylation is 1. The number of hydrogen-bond donors (Lipinski definition) is 1. The van der Waals surface area contributed by atoms with E-state index in [-0.39, 0.29) is 17.5 Å². The van der Waals surface area contributed by atoms with Crippen molar-refractivity contribution in [1.29, 1.82) is 0 Å². The predicted molar refractivity (Wildman–Crippen MR) is 62.7 cm³/mol. The maximum atomic E-state index is 11.4. The summed E-state index contributed by atoms with van der Waals surface area (Å²) in [6.07, 6.45) is 0.638. The molecule has 1 unspecified atom stereocenters. The second kappa shape index (κ2) is 3.26. The molecule has 0 aliphatic carbocycles. The number of phenolic OH excluding ortho intramolecular Hbond substituents is 1. The van der Waals surface area contributed by atoms with Gasteiger partial charge >= 0.3 is 5.63 Å². The lowest BCUT2D eigenvalue weighted by atomic mass is 10.0. The van der Waals surface area contributed by atoms with Gasteiger partial charge in [-0.15, -0.1) is 0 Å². The van der Waals surface area contributed by atoms with Crippen LogP contribution in [0, 0.1) is 6.92 Å². The molecule has 1 atom stereocenters. The SMILES string of the molecule is Cc1cc(=O)oc2c3c(c(O)cc12)OC(C)C3. The molecule has 0 spiro atoms. The number of ether oxygens (including phenoxy) is 1. The molecule has 3 rings (SSSR count). The minimum atomic E-state index is -0.373. The number of aromatic hydroxyl groups is 1. The molecular formula is C13H12O4. The van der Waals surface area contributed by atoms with Crippen molar-refractivity contribution in [3.63, 3.8) is 0 Å². The molecule has 1 aliphatic rings. The molecule has 0 radical (unpaired) electrons. The first kappa shape index (κ1) is 10.2. The quantitative estimate of drug-likeness (QED) is 0.707. The van der Waals surface area contributed by atoms with Crippen LogP contribution in [-0.4, -0.2) is 11.2 Å². The van der Waals surface area contributed by atoms with Crippen LogP contribution in [0.5, 0.6) is 11.5 Å². The fraction of sp³-hybridized carbons (Fsp3) is 0.308. The molecule has 4 heteroatoms. The van der Waals surface area contributed by atoms with E-state index in [1.165, 1.54) is 6.07 Å². The Hall–Kier alpha value is -1.97. The van der Waals surface area contributed by atoms with Crippen molar-refractivity contribution in [2.75, 3.05) is 0 Å². The van der Waals surface area contributed by atoms with Gasteiger partial charge in [0.25, 0.3) is 0 Å². The Balaban J connectivity index is 2.46. The van der Waals surface area contributed by atoms with E-state index in [2.05, 4.69) is 0 Å². The highest BCUT2D eigenvalue weighted by atomic mass is 16.5. The second-order valence-corrected chi connectivity index (χ2v) is 4.46. The Morgan fingerprint density at radius 2 is 2.18 bits per heavy atom. The van der Waals surface area contributed by atoms with Crippen LogP contribution < -0.4 is 10.4 Å². The minimum Gasteiger partial charge on any atom is -0.504 e. The molecule has 0 saturated heterocycles. The van der Waals surface area contributed by atoms with Crippen LogP contribution in [0.1, 0.15) is 18.1 Å². The molecule has 4 nitrogen and oxygen atoms in total. The van der Waals surface area contributed by atoms with E-state index in [9.17, 15) is 9.90 Å². The van der Waals surface area contributed by atoms with Gasteiger partial charge in [-0.3, -0.25) is 0 Å². The molecule has 0 bridgehead atoms. The van der Waals surface area contributed by atoms with Gasteiger partial charge in [0.15, 0.2) is 11.5 Å². The summed E-state index contributed by atoms with van der Waals surface area (Å²) in [5, 5.41) is 10.7. The third-order valence-corrected chi connectivity index (χ3v) is 3.08. The predicted octanol–water partition coefficient (Wildman–Crippen LogP) is 2.13. The number of fused-ring (bicyclic) bond motifs is 3. The summed E-state index contributed by atoms with van der Waals surface area (Å²) < 4.78 is 10.8. The van der Waals surface area contributed by atoms with Crippen molar-refractivity contribution < 1.29 is 14.3 Å². The monoisotopic (exact) mass is 232 g/mol. The van der Waals surface area contributed by atoms with Gasteiger partial charge in [0.05, 0.1) is 0 Å². The Bertz CT molecular complexity index is 669. The number of hydrogen-bond acceptors (Lipinski definition) is 4. The highest BCUT2D eigenvalue weighted by Crippen LogP contribution is 2.42. The Kier molecular flexibility index (Phi) is 1.96. The molecular weight excluding hydrogens is 220 g/mol. The summed E-state index contributed by atoms with van der Waals surface area (Å²) >= 11 is 0. The van der Waals surface area contributed by atoms with E-state index in [0.717, 1.165) is 16.5 Å². The zero-order chi connectivity index (χ0) is 12.2. The Labute approximate surface area is 97.4 Å². The van der Waals surface area contributed by atoms with E-state index < -0.39 is 0 Å². The molecule has 1 aliphatic heterocycles.